The highest BCUT2D eigenvalue weighted by molar-refractivity contribution is 5.17. The van der Waals surface area contributed by atoms with Crippen LogP contribution in [0.3, 0.4) is 0 Å². The smallest absolute Gasteiger partial charge is 0.0815 e. The Hall–Kier alpha value is -0.860. The first kappa shape index (κ1) is 13.6. The number of aliphatic hydroxyl groups is 1. The van der Waals surface area contributed by atoms with E-state index in [1.165, 1.54) is 25.8 Å². The normalized spacial score (nSPS) is 24.1. The van der Waals surface area contributed by atoms with Gasteiger partial charge in [-0.15, -0.1) is 0 Å². The zero-order valence-corrected chi connectivity index (χ0v) is 11.5. The zero-order valence-electron chi connectivity index (χ0n) is 11.5. The molecule has 3 unspecified atom stereocenters. The molecule has 18 heavy (non-hydrogen) atoms. The third-order valence-electron chi connectivity index (χ3n) is 4.31. The van der Waals surface area contributed by atoms with Crippen LogP contribution in [0, 0.1) is 5.92 Å². The van der Waals surface area contributed by atoms with Crippen molar-refractivity contribution in [3.05, 3.63) is 35.9 Å². The quantitative estimate of drug-likeness (QED) is 0.863. The van der Waals surface area contributed by atoms with Crippen LogP contribution in [0.25, 0.3) is 0 Å². The van der Waals surface area contributed by atoms with Gasteiger partial charge in [-0.2, -0.15) is 0 Å². The Morgan fingerprint density at radius 3 is 2.67 bits per heavy atom. The molecule has 0 bridgehead atoms. The predicted molar refractivity (Wildman–Crippen MR) is 75.5 cm³/mol. The SMILES string of the molecule is CC(CCC1CCCN1C)C(O)c1ccccc1. The van der Waals surface area contributed by atoms with Crippen molar-refractivity contribution in [2.24, 2.45) is 5.92 Å². The predicted octanol–water partition coefficient (Wildman–Crippen LogP) is 3.23. The molecule has 1 aromatic rings. The zero-order chi connectivity index (χ0) is 13.0. The summed E-state index contributed by atoms with van der Waals surface area (Å²) >= 11 is 0. The maximum absolute atomic E-state index is 10.3. The van der Waals surface area contributed by atoms with Crippen LogP contribution >= 0.6 is 0 Å². The lowest BCUT2D eigenvalue weighted by Crippen LogP contribution is -2.25. The average Bonchev–Trinajstić information content (AvgIpc) is 2.81. The van der Waals surface area contributed by atoms with Gasteiger partial charge in [-0.3, -0.25) is 0 Å². The molecule has 0 aromatic heterocycles. The minimum Gasteiger partial charge on any atom is -0.388 e. The summed E-state index contributed by atoms with van der Waals surface area (Å²) in [5, 5.41) is 10.3. The molecule has 100 valence electrons. The maximum atomic E-state index is 10.3. The highest BCUT2D eigenvalue weighted by Gasteiger charge is 2.23. The fraction of sp³-hybridized carbons (Fsp3) is 0.625. The van der Waals surface area contributed by atoms with E-state index in [0.717, 1.165) is 18.0 Å². The Balaban J connectivity index is 1.82. The largest absolute Gasteiger partial charge is 0.388 e. The van der Waals surface area contributed by atoms with Gasteiger partial charge in [0.15, 0.2) is 0 Å². The van der Waals surface area contributed by atoms with E-state index in [2.05, 4.69) is 18.9 Å². The molecular formula is C16H25NO. The summed E-state index contributed by atoms with van der Waals surface area (Å²) in [6.07, 6.45) is 4.64. The van der Waals surface area contributed by atoms with E-state index in [9.17, 15) is 5.11 Å². The summed E-state index contributed by atoms with van der Waals surface area (Å²) in [7, 11) is 2.22. The van der Waals surface area contributed by atoms with Crippen LogP contribution in [0.5, 0.6) is 0 Å². The molecule has 1 aliphatic heterocycles. The minimum atomic E-state index is -0.321. The van der Waals surface area contributed by atoms with Crippen molar-refractivity contribution in [1.29, 1.82) is 0 Å². The third kappa shape index (κ3) is 3.33. The number of aliphatic hydroxyl groups excluding tert-OH is 1. The van der Waals surface area contributed by atoms with Crippen molar-refractivity contribution in [1.82, 2.24) is 4.90 Å². The van der Waals surface area contributed by atoms with E-state index in [0.29, 0.717) is 5.92 Å². The molecule has 1 aromatic carbocycles. The van der Waals surface area contributed by atoms with Gasteiger partial charge in [-0.25, -0.2) is 0 Å². The molecule has 0 radical (unpaired) electrons. The summed E-state index contributed by atoms with van der Waals surface area (Å²) in [4.78, 5) is 2.46. The van der Waals surface area contributed by atoms with E-state index in [1.807, 2.05) is 30.3 Å². The van der Waals surface area contributed by atoms with Gasteiger partial charge < -0.3 is 10.0 Å². The minimum absolute atomic E-state index is 0.321. The van der Waals surface area contributed by atoms with Gasteiger partial charge in [0, 0.05) is 6.04 Å². The Kier molecular flexibility index (Phi) is 4.79. The third-order valence-corrected chi connectivity index (χ3v) is 4.31. The molecule has 2 rings (SSSR count). The van der Waals surface area contributed by atoms with Crippen molar-refractivity contribution in [2.45, 2.75) is 44.8 Å². The summed E-state index contributed by atoms with van der Waals surface area (Å²) in [5.41, 5.74) is 1.05. The first-order chi connectivity index (χ1) is 8.68. The Labute approximate surface area is 111 Å². The van der Waals surface area contributed by atoms with Crippen molar-refractivity contribution in [2.75, 3.05) is 13.6 Å². The lowest BCUT2D eigenvalue weighted by atomic mass is 9.91. The molecule has 1 aliphatic rings. The van der Waals surface area contributed by atoms with E-state index < -0.39 is 0 Å². The van der Waals surface area contributed by atoms with Crippen LogP contribution in [0.15, 0.2) is 30.3 Å². The topological polar surface area (TPSA) is 23.5 Å². The Morgan fingerprint density at radius 1 is 1.33 bits per heavy atom. The standard InChI is InChI=1S/C16H25NO/c1-13(10-11-15-9-6-12-17(15)2)16(18)14-7-4-3-5-8-14/h3-5,7-8,13,15-16,18H,6,9-12H2,1-2H3. The molecule has 0 saturated carbocycles. The number of hydrogen-bond donors (Lipinski definition) is 1. The molecule has 1 N–H and O–H groups in total. The van der Waals surface area contributed by atoms with Crippen LogP contribution in [-0.2, 0) is 0 Å². The number of rotatable bonds is 5. The molecular weight excluding hydrogens is 222 g/mol. The lowest BCUT2D eigenvalue weighted by molar-refractivity contribution is 0.106. The number of hydrogen-bond acceptors (Lipinski definition) is 2. The van der Waals surface area contributed by atoms with Crippen molar-refractivity contribution in [3.63, 3.8) is 0 Å². The fourth-order valence-corrected chi connectivity index (χ4v) is 2.94. The average molecular weight is 247 g/mol. The molecule has 1 heterocycles. The molecule has 2 heteroatoms. The van der Waals surface area contributed by atoms with Gasteiger partial charge in [0.05, 0.1) is 6.10 Å². The summed E-state index contributed by atoms with van der Waals surface area (Å²) in [6.45, 7) is 3.40. The second-order valence-corrected chi connectivity index (χ2v) is 5.69. The van der Waals surface area contributed by atoms with E-state index in [1.54, 1.807) is 0 Å². The van der Waals surface area contributed by atoms with Gasteiger partial charge >= 0.3 is 0 Å². The molecule has 1 fully saturated rings. The highest BCUT2D eigenvalue weighted by atomic mass is 16.3. The Bertz CT molecular complexity index is 351. The van der Waals surface area contributed by atoms with Crippen molar-refractivity contribution < 1.29 is 5.11 Å². The molecule has 2 nitrogen and oxygen atoms in total. The van der Waals surface area contributed by atoms with Crippen LogP contribution < -0.4 is 0 Å². The second-order valence-electron chi connectivity index (χ2n) is 5.69. The highest BCUT2D eigenvalue weighted by Crippen LogP contribution is 2.28. The van der Waals surface area contributed by atoms with Crippen molar-refractivity contribution in [3.8, 4) is 0 Å². The van der Waals surface area contributed by atoms with E-state index >= 15 is 0 Å². The number of benzene rings is 1. The first-order valence-corrected chi connectivity index (χ1v) is 7.11. The van der Waals surface area contributed by atoms with E-state index in [-0.39, 0.29) is 6.10 Å². The Morgan fingerprint density at radius 2 is 2.06 bits per heavy atom. The van der Waals surface area contributed by atoms with Gasteiger partial charge in [-0.1, -0.05) is 37.3 Å². The molecule has 0 spiro atoms. The van der Waals surface area contributed by atoms with Gasteiger partial charge in [0.1, 0.15) is 0 Å². The fourth-order valence-electron chi connectivity index (χ4n) is 2.94. The van der Waals surface area contributed by atoms with E-state index in [4.69, 9.17) is 0 Å². The number of likely N-dealkylation sites (tertiary alicyclic amines) is 1. The van der Waals surface area contributed by atoms with Crippen LogP contribution in [0.2, 0.25) is 0 Å². The molecule has 0 aliphatic carbocycles. The molecule has 3 atom stereocenters. The summed E-state index contributed by atoms with van der Waals surface area (Å²) < 4.78 is 0. The number of nitrogens with zero attached hydrogens (tertiary/aromatic N) is 1. The van der Waals surface area contributed by atoms with Crippen LogP contribution in [0.4, 0.5) is 0 Å². The summed E-state index contributed by atoms with van der Waals surface area (Å²) in [5.74, 6) is 0.335. The van der Waals surface area contributed by atoms with Gasteiger partial charge in [0.2, 0.25) is 0 Å². The first-order valence-electron chi connectivity index (χ1n) is 7.11. The molecule has 1 saturated heterocycles. The monoisotopic (exact) mass is 247 g/mol. The maximum Gasteiger partial charge on any atom is 0.0815 e. The van der Waals surface area contributed by atoms with Crippen LogP contribution in [-0.4, -0.2) is 29.6 Å². The lowest BCUT2D eigenvalue weighted by Gasteiger charge is -2.24. The summed E-state index contributed by atoms with van der Waals surface area (Å²) in [6, 6.07) is 10.8. The van der Waals surface area contributed by atoms with Gasteiger partial charge in [0.25, 0.3) is 0 Å². The van der Waals surface area contributed by atoms with Gasteiger partial charge in [-0.05, 0) is 50.8 Å². The second kappa shape index (κ2) is 6.35. The molecule has 0 amide bonds. The van der Waals surface area contributed by atoms with Crippen molar-refractivity contribution >= 4 is 0 Å². The van der Waals surface area contributed by atoms with Crippen LogP contribution in [0.1, 0.15) is 44.3 Å².